The SMILES string of the molecule is C=C(C)[C@H]1Cc2oc(cc2C)[C@H](C(=C)C)[C@H]2C=C(C[C@@H]1OC(C)=O)C(=O)O2. The number of esters is 2. The summed E-state index contributed by atoms with van der Waals surface area (Å²) in [7, 11) is 0. The van der Waals surface area contributed by atoms with Crippen molar-refractivity contribution in [3.05, 3.63) is 59.1 Å². The van der Waals surface area contributed by atoms with Crippen LogP contribution in [0.3, 0.4) is 0 Å². The maximum atomic E-state index is 12.5. The van der Waals surface area contributed by atoms with E-state index >= 15 is 0 Å². The van der Waals surface area contributed by atoms with Crippen molar-refractivity contribution >= 4 is 11.9 Å². The molecule has 3 rings (SSSR count). The van der Waals surface area contributed by atoms with Crippen LogP contribution in [0.25, 0.3) is 0 Å². The van der Waals surface area contributed by atoms with Crippen LogP contribution < -0.4 is 0 Å². The zero-order valence-corrected chi connectivity index (χ0v) is 16.3. The van der Waals surface area contributed by atoms with E-state index in [0.717, 1.165) is 28.2 Å². The minimum Gasteiger partial charge on any atom is -0.465 e. The molecule has 4 bridgehead atoms. The molecule has 0 saturated carbocycles. The number of carbonyl (C=O) groups excluding carboxylic acids is 2. The van der Waals surface area contributed by atoms with E-state index in [2.05, 4.69) is 13.2 Å². The molecule has 0 N–H and O–H groups in total. The molecule has 27 heavy (non-hydrogen) atoms. The van der Waals surface area contributed by atoms with Gasteiger partial charge in [-0.15, -0.1) is 0 Å². The van der Waals surface area contributed by atoms with E-state index in [9.17, 15) is 9.59 Å². The molecule has 5 heteroatoms. The average molecular weight is 370 g/mol. The maximum absolute atomic E-state index is 12.5. The lowest BCUT2D eigenvalue weighted by molar-refractivity contribution is -0.149. The van der Waals surface area contributed by atoms with Crippen molar-refractivity contribution in [1.29, 1.82) is 0 Å². The van der Waals surface area contributed by atoms with Crippen molar-refractivity contribution in [2.75, 3.05) is 0 Å². The molecule has 0 radical (unpaired) electrons. The highest BCUT2D eigenvalue weighted by Crippen LogP contribution is 2.39. The summed E-state index contributed by atoms with van der Waals surface area (Å²) in [6.45, 7) is 15.3. The Balaban J connectivity index is 2.13. The summed E-state index contributed by atoms with van der Waals surface area (Å²) in [6.07, 6.45) is 1.68. The number of furan rings is 1. The van der Waals surface area contributed by atoms with E-state index in [4.69, 9.17) is 13.9 Å². The van der Waals surface area contributed by atoms with Gasteiger partial charge in [0.25, 0.3) is 0 Å². The highest BCUT2D eigenvalue weighted by molar-refractivity contribution is 5.91. The van der Waals surface area contributed by atoms with Gasteiger partial charge in [-0.05, 0) is 38.5 Å². The van der Waals surface area contributed by atoms with E-state index in [1.165, 1.54) is 6.92 Å². The second kappa shape index (κ2) is 7.22. The number of hydrogen-bond donors (Lipinski definition) is 0. The van der Waals surface area contributed by atoms with E-state index in [1.54, 1.807) is 0 Å². The fourth-order valence-electron chi connectivity index (χ4n) is 3.92. The molecule has 0 unspecified atom stereocenters. The first kappa shape index (κ1) is 19.2. The zero-order valence-electron chi connectivity index (χ0n) is 16.3. The largest absolute Gasteiger partial charge is 0.465 e. The molecule has 144 valence electrons. The number of fused-ring (bicyclic) bond motifs is 3. The van der Waals surface area contributed by atoms with Gasteiger partial charge < -0.3 is 13.9 Å². The summed E-state index contributed by atoms with van der Waals surface area (Å²) >= 11 is 0. The van der Waals surface area contributed by atoms with Gasteiger partial charge in [-0.3, -0.25) is 4.79 Å². The van der Waals surface area contributed by atoms with Crippen molar-refractivity contribution < 1.29 is 23.5 Å². The van der Waals surface area contributed by atoms with Crippen molar-refractivity contribution in [2.45, 2.75) is 58.7 Å². The topological polar surface area (TPSA) is 65.7 Å². The summed E-state index contributed by atoms with van der Waals surface area (Å²) in [5.74, 6) is 0.384. The lowest BCUT2D eigenvalue weighted by Gasteiger charge is -2.27. The van der Waals surface area contributed by atoms with Crippen LogP contribution in [0.15, 0.2) is 46.4 Å². The molecule has 1 aromatic rings. The molecule has 0 fully saturated rings. The average Bonchev–Trinajstić information content (AvgIpc) is 3.05. The zero-order chi connectivity index (χ0) is 19.9. The summed E-state index contributed by atoms with van der Waals surface area (Å²) in [5, 5.41) is 0. The van der Waals surface area contributed by atoms with Crippen molar-refractivity contribution in [3.8, 4) is 0 Å². The second-order valence-corrected chi connectivity index (χ2v) is 7.65. The molecule has 0 amide bonds. The quantitative estimate of drug-likeness (QED) is 0.590. The van der Waals surface area contributed by atoms with Crippen LogP contribution in [0.1, 0.15) is 50.2 Å². The normalized spacial score (nSPS) is 27.3. The summed E-state index contributed by atoms with van der Waals surface area (Å²) in [4.78, 5) is 24.2. The Labute approximate surface area is 159 Å². The van der Waals surface area contributed by atoms with Gasteiger partial charge in [-0.2, -0.15) is 0 Å². The number of rotatable bonds is 3. The van der Waals surface area contributed by atoms with Crippen LogP contribution in [0.5, 0.6) is 0 Å². The molecule has 3 heterocycles. The van der Waals surface area contributed by atoms with Crippen LogP contribution in [0.4, 0.5) is 0 Å². The molecule has 5 nitrogen and oxygen atoms in total. The molecule has 0 aliphatic carbocycles. The van der Waals surface area contributed by atoms with Gasteiger partial charge >= 0.3 is 11.9 Å². The van der Waals surface area contributed by atoms with Gasteiger partial charge in [0.2, 0.25) is 0 Å². The molecule has 2 aliphatic rings. The van der Waals surface area contributed by atoms with Crippen LogP contribution in [-0.4, -0.2) is 24.1 Å². The van der Waals surface area contributed by atoms with Crippen LogP contribution in [0, 0.1) is 12.8 Å². The fourth-order valence-corrected chi connectivity index (χ4v) is 3.92. The maximum Gasteiger partial charge on any atom is 0.334 e. The van der Waals surface area contributed by atoms with Crippen molar-refractivity contribution in [2.24, 2.45) is 5.92 Å². The number of carbonyl (C=O) groups is 2. The van der Waals surface area contributed by atoms with Gasteiger partial charge in [0, 0.05) is 31.3 Å². The second-order valence-electron chi connectivity index (χ2n) is 7.65. The predicted molar refractivity (Wildman–Crippen MR) is 101 cm³/mol. The number of ether oxygens (including phenoxy) is 2. The predicted octanol–water partition coefficient (Wildman–Crippen LogP) is 4.17. The Morgan fingerprint density at radius 3 is 2.48 bits per heavy atom. The molecule has 1 aromatic heterocycles. The van der Waals surface area contributed by atoms with Gasteiger partial charge in [-0.1, -0.05) is 24.3 Å². The minimum absolute atomic E-state index is 0.166. The lowest BCUT2D eigenvalue weighted by Crippen LogP contribution is -2.30. The molecular weight excluding hydrogens is 344 g/mol. The van der Waals surface area contributed by atoms with Gasteiger partial charge in [0.1, 0.15) is 23.7 Å². The van der Waals surface area contributed by atoms with E-state index in [1.807, 2.05) is 32.9 Å². The lowest BCUT2D eigenvalue weighted by atomic mass is 9.85. The highest BCUT2D eigenvalue weighted by Gasteiger charge is 2.39. The first-order chi connectivity index (χ1) is 12.7. The summed E-state index contributed by atoms with van der Waals surface area (Å²) in [5.41, 5.74) is 3.27. The van der Waals surface area contributed by atoms with E-state index in [0.29, 0.717) is 18.4 Å². The van der Waals surface area contributed by atoms with E-state index < -0.39 is 12.2 Å². The third kappa shape index (κ3) is 3.77. The van der Waals surface area contributed by atoms with Crippen LogP contribution >= 0.6 is 0 Å². The van der Waals surface area contributed by atoms with Crippen LogP contribution in [-0.2, 0) is 25.5 Å². The Morgan fingerprint density at radius 1 is 1.19 bits per heavy atom. The Bertz CT molecular complexity index is 841. The first-order valence-electron chi connectivity index (χ1n) is 9.16. The van der Waals surface area contributed by atoms with Gasteiger partial charge in [-0.25, -0.2) is 4.79 Å². The Kier molecular flexibility index (Phi) is 5.13. The van der Waals surface area contributed by atoms with Crippen LogP contribution in [0.2, 0.25) is 0 Å². The summed E-state index contributed by atoms with van der Waals surface area (Å²) in [6, 6.07) is 1.98. The molecule has 0 spiro atoms. The highest BCUT2D eigenvalue weighted by atomic mass is 16.6. The minimum atomic E-state index is -0.508. The van der Waals surface area contributed by atoms with Crippen molar-refractivity contribution in [3.63, 3.8) is 0 Å². The monoisotopic (exact) mass is 370 g/mol. The Morgan fingerprint density at radius 2 is 1.89 bits per heavy atom. The van der Waals surface area contributed by atoms with Gasteiger partial charge in [0.05, 0.1) is 5.92 Å². The van der Waals surface area contributed by atoms with E-state index in [-0.39, 0.29) is 23.8 Å². The Hall–Kier alpha value is -2.56. The third-order valence-electron chi connectivity index (χ3n) is 5.30. The number of aryl methyl sites for hydroxylation is 1. The molecule has 0 saturated heterocycles. The third-order valence-corrected chi connectivity index (χ3v) is 5.30. The molecular formula is C22H26O5. The molecule has 4 atom stereocenters. The molecule has 0 aromatic carbocycles. The summed E-state index contributed by atoms with van der Waals surface area (Å²) < 4.78 is 17.4. The van der Waals surface area contributed by atoms with Gasteiger partial charge in [0.15, 0.2) is 0 Å². The van der Waals surface area contributed by atoms with Crippen molar-refractivity contribution in [1.82, 2.24) is 0 Å². The molecule has 2 aliphatic heterocycles. The smallest absolute Gasteiger partial charge is 0.334 e. The fraction of sp³-hybridized carbons (Fsp3) is 0.455. The standard InChI is InChI=1S/C22H26O5/c1-11(2)16-10-17-13(5)7-19(26-17)21(12(3)4)20-9-15(22(24)27-20)8-18(16)25-14(6)23/h7,9,16,18,20-21H,1,3,8,10H2,2,4-6H3/t16-,18+,20-,21+/m1/s1. The number of hydrogen-bond acceptors (Lipinski definition) is 5. The first-order valence-corrected chi connectivity index (χ1v) is 9.16.